The van der Waals surface area contributed by atoms with E-state index >= 15 is 0 Å². The lowest BCUT2D eigenvalue weighted by Crippen LogP contribution is -2.65. The Balaban J connectivity index is 1.63. The highest BCUT2D eigenvalue weighted by Crippen LogP contribution is 2.38. The second-order valence-electron chi connectivity index (χ2n) is 8.77. The highest BCUT2D eigenvalue weighted by molar-refractivity contribution is 6.12. The smallest absolute Gasteiger partial charge is 0.276 e. The van der Waals surface area contributed by atoms with Gasteiger partial charge in [-0.25, -0.2) is 4.98 Å². The molecule has 2 N–H and O–H groups in total. The summed E-state index contributed by atoms with van der Waals surface area (Å²) in [5.74, 6) is -1.02. The van der Waals surface area contributed by atoms with Gasteiger partial charge in [0.2, 0.25) is 5.91 Å². The van der Waals surface area contributed by atoms with Gasteiger partial charge in [0.05, 0.1) is 19.5 Å². The van der Waals surface area contributed by atoms with Crippen LogP contribution in [-0.4, -0.2) is 64.0 Å². The number of imidazole rings is 1. The number of carbonyl (C=O) groups is 3. The molecule has 1 fully saturated rings. The third kappa shape index (κ3) is 3.88. The zero-order chi connectivity index (χ0) is 23.0. The maximum Gasteiger partial charge on any atom is 0.276 e. The lowest BCUT2D eigenvalue weighted by atomic mass is 9.94. The molecule has 0 bridgehead atoms. The lowest BCUT2D eigenvalue weighted by Gasteiger charge is -2.44. The standard InChI is InChI=1S/C23H29N5O4/c1-14-5-8-17(15(2)11-14)26-20(29)18-19-21(30)28(16-6-7-16)23(3,12-27(19)13-25-18)22(31)24-9-10-32-4/h5,8,11,13,16H,6-7,9-10,12H2,1-4H3,(H,24,31)(H,26,29). The maximum atomic E-state index is 13.6. The third-order valence-corrected chi connectivity index (χ3v) is 6.11. The van der Waals surface area contributed by atoms with Crippen LogP contribution in [0.4, 0.5) is 5.69 Å². The summed E-state index contributed by atoms with van der Waals surface area (Å²) in [5, 5.41) is 5.73. The van der Waals surface area contributed by atoms with Gasteiger partial charge in [-0.05, 0) is 45.2 Å². The van der Waals surface area contributed by atoms with Gasteiger partial charge in [-0.15, -0.1) is 0 Å². The van der Waals surface area contributed by atoms with Crippen LogP contribution in [0, 0.1) is 13.8 Å². The molecule has 3 amide bonds. The number of amides is 3. The van der Waals surface area contributed by atoms with Crippen molar-refractivity contribution in [2.24, 2.45) is 0 Å². The van der Waals surface area contributed by atoms with E-state index in [1.54, 1.807) is 23.5 Å². The molecule has 1 aromatic carbocycles. The van der Waals surface area contributed by atoms with Crippen molar-refractivity contribution in [1.82, 2.24) is 19.8 Å². The van der Waals surface area contributed by atoms with E-state index in [9.17, 15) is 14.4 Å². The first kappa shape index (κ1) is 22.0. The Morgan fingerprint density at radius 3 is 2.69 bits per heavy atom. The average molecular weight is 440 g/mol. The zero-order valence-electron chi connectivity index (χ0n) is 18.9. The zero-order valence-corrected chi connectivity index (χ0v) is 18.9. The molecule has 2 aliphatic rings. The van der Waals surface area contributed by atoms with Gasteiger partial charge in [0.1, 0.15) is 11.2 Å². The fourth-order valence-electron chi connectivity index (χ4n) is 4.31. The second kappa shape index (κ2) is 8.38. The predicted molar refractivity (Wildman–Crippen MR) is 119 cm³/mol. The Morgan fingerprint density at radius 1 is 1.28 bits per heavy atom. The van der Waals surface area contributed by atoms with Crippen molar-refractivity contribution in [3.63, 3.8) is 0 Å². The SMILES string of the molecule is COCCNC(=O)C1(C)Cn2cnc(C(=O)Nc3ccc(C)cc3C)c2C(=O)N1C1CC1. The molecule has 170 valence electrons. The quantitative estimate of drug-likeness (QED) is 0.641. The molecule has 0 spiro atoms. The van der Waals surface area contributed by atoms with Crippen LogP contribution in [-0.2, 0) is 16.1 Å². The molecule has 9 heteroatoms. The Bertz CT molecular complexity index is 1070. The fourth-order valence-corrected chi connectivity index (χ4v) is 4.31. The molecule has 4 rings (SSSR count). The van der Waals surface area contributed by atoms with Crippen molar-refractivity contribution in [1.29, 1.82) is 0 Å². The highest BCUT2D eigenvalue weighted by atomic mass is 16.5. The first-order valence-electron chi connectivity index (χ1n) is 10.8. The summed E-state index contributed by atoms with van der Waals surface area (Å²) in [7, 11) is 1.57. The summed E-state index contributed by atoms with van der Waals surface area (Å²) in [6.45, 7) is 6.64. The van der Waals surface area contributed by atoms with Crippen LogP contribution in [0.3, 0.4) is 0 Å². The van der Waals surface area contributed by atoms with Crippen molar-refractivity contribution in [2.75, 3.05) is 25.6 Å². The Labute approximate surface area is 187 Å². The minimum atomic E-state index is -1.07. The van der Waals surface area contributed by atoms with Crippen molar-refractivity contribution in [3.05, 3.63) is 47.0 Å². The van der Waals surface area contributed by atoms with E-state index in [1.165, 1.54) is 6.33 Å². The molecular weight excluding hydrogens is 410 g/mol. The average Bonchev–Trinajstić information content (AvgIpc) is 3.48. The molecule has 1 atom stereocenters. The summed E-state index contributed by atoms with van der Waals surface area (Å²) >= 11 is 0. The van der Waals surface area contributed by atoms with E-state index in [4.69, 9.17) is 4.74 Å². The number of anilines is 1. The van der Waals surface area contributed by atoms with Crippen molar-refractivity contribution >= 4 is 23.4 Å². The van der Waals surface area contributed by atoms with E-state index in [0.717, 1.165) is 24.0 Å². The maximum absolute atomic E-state index is 13.6. The van der Waals surface area contributed by atoms with Gasteiger partial charge in [0.25, 0.3) is 11.8 Å². The van der Waals surface area contributed by atoms with Crippen molar-refractivity contribution in [3.8, 4) is 0 Å². The summed E-state index contributed by atoms with van der Waals surface area (Å²) in [6, 6.07) is 5.72. The molecule has 2 heterocycles. The first-order valence-corrected chi connectivity index (χ1v) is 10.8. The van der Waals surface area contributed by atoms with Gasteiger partial charge in [-0.2, -0.15) is 0 Å². The number of aryl methyl sites for hydroxylation is 2. The van der Waals surface area contributed by atoms with E-state index in [0.29, 0.717) is 18.8 Å². The van der Waals surface area contributed by atoms with Gasteiger partial charge in [0.15, 0.2) is 5.69 Å². The van der Waals surface area contributed by atoms with Crippen LogP contribution >= 0.6 is 0 Å². The fraction of sp³-hybridized carbons (Fsp3) is 0.478. The third-order valence-electron chi connectivity index (χ3n) is 6.11. The van der Waals surface area contributed by atoms with Crippen LogP contribution < -0.4 is 10.6 Å². The molecule has 2 aromatic rings. The highest BCUT2D eigenvalue weighted by Gasteiger charge is 2.53. The number of benzene rings is 1. The largest absolute Gasteiger partial charge is 0.383 e. The van der Waals surface area contributed by atoms with E-state index in [2.05, 4.69) is 15.6 Å². The van der Waals surface area contributed by atoms with Crippen molar-refractivity contribution in [2.45, 2.75) is 51.7 Å². The molecule has 9 nitrogen and oxygen atoms in total. The Hall–Kier alpha value is -3.20. The number of rotatable bonds is 7. The molecule has 0 saturated heterocycles. The van der Waals surface area contributed by atoms with Gasteiger partial charge >= 0.3 is 0 Å². The lowest BCUT2D eigenvalue weighted by molar-refractivity contribution is -0.133. The number of carbonyl (C=O) groups excluding carboxylic acids is 3. The number of nitrogens with one attached hydrogen (secondary N) is 2. The number of nitrogens with zero attached hydrogens (tertiary/aromatic N) is 3. The molecule has 1 saturated carbocycles. The van der Waals surface area contributed by atoms with Gasteiger partial charge < -0.3 is 24.8 Å². The summed E-state index contributed by atoms with van der Waals surface area (Å²) in [6.07, 6.45) is 3.14. The molecule has 0 radical (unpaired) electrons. The van der Waals surface area contributed by atoms with E-state index < -0.39 is 11.4 Å². The Kier molecular flexibility index (Phi) is 5.77. The number of ether oxygens (including phenoxy) is 1. The number of fused-ring (bicyclic) bond motifs is 1. The Morgan fingerprint density at radius 2 is 2.03 bits per heavy atom. The van der Waals surface area contributed by atoms with Gasteiger partial charge in [0, 0.05) is 25.4 Å². The van der Waals surface area contributed by atoms with Gasteiger partial charge in [-0.1, -0.05) is 17.7 Å². The van der Waals surface area contributed by atoms with Crippen molar-refractivity contribution < 1.29 is 19.1 Å². The number of hydrogen-bond donors (Lipinski definition) is 2. The van der Waals surface area contributed by atoms with Crippen LogP contribution in [0.5, 0.6) is 0 Å². The molecular formula is C23H29N5O4. The topological polar surface area (TPSA) is 106 Å². The summed E-state index contributed by atoms with van der Waals surface area (Å²) < 4.78 is 6.63. The number of hydrogen-bond acceptors (Lipinski definition) is 5. The second-order valence-corrected chi connectivity index (χ2v) is 8.77. The molecule has 1 unspecified atom stereocenters. The van der Waals surface area contributed by atoms with E-state index in [-0.39, 0.29) is 35.8 Å². The summed E-state index contributed by atoms with van der Waals surface area (Å²) in [5.41, 5.74) is 1.92. The van der Waals surface area contributed by atoms with Gasteiger partial charge in [-0.3, -0.25) is 14.4 Å². The molecule has 32 heavy (non-hydrogen) atoms. The summed E-state index contributed by atoms with van der Waals surface area (Å²) in [4.78, 5) is 45.6. The first-order chi connectivity index (χ1) is 15.3. The van der Waals surface area contributed by atoms with E-state index in [1.807, 2.05) is 32.0 Å². The predicted octanol–water partition coefficient (Wildman–Crippen LogP) is 1.89. The molecule has 1 aliphatic heterocycles. The minimum Gasteiger partial charge on any atom is -0.383 e. The van der Waals surface area contributed by atoms with Crippen LogP contribution in [0.1, 0.15) is 51.9 Å². The van der Waals surface area contributed by atoms with Crippen LogP contribution in [0.15, 0.2) is 24.5 Å². The van der Waals surface area contributed by atoms with Crippen LogP contribution in [0.2, 0.25) is 0 Å². The molecule has 1 aromatic heterocycles. The monoisotopic (exact) mass is 439 g/mol. The number of aromatic nitrogens is 2. The number of methoxy groups -OCH3 is 1. The van der Waals surface area contributed by atoms with Crippen LogP contribution in [0.25, 0.3) is 0 Å². The normalized spacial score (nSPS) is 20.1. The minimum absolute atomic E-state index is 0.0143. The molecule has 1 aliphatic carbocycles.